The maximum Gasteiger partial charge on any atom is 0.0634 e. The molecule has 0 fully saturated rings. The van der Waals surface area contributed by atoms with Crippen molar-refractivity contribution in [2.45, 2.75) is 22.5 Å². The summed E-state index contributed by atoms with van der Waals surface area (Å²) in [6.07, 6.45) is 9.16. The molecule has 1 nitrogen and oxygen atoms in total. The maximum absolute atomic E-state index is 2.56. The van der Waals surface area contributed by atoms with Gasteiger partial charge in [0, 0.05) is 51.9 Å². The van der Waals surface area contributed by atoms with Gasteiger partial charge in [0.25, 0.3) is 0 Å². The summed E-state index contributed by atoms with van der Waals surface area (Å²) in [6, 6.07) is 52.7. The van der Waals surface area contributed by atoms with E-state index in [1.54, 1.807) is 0 Å². The highest BCUT2D eigenvalue weighted by Gasteiger charge is 2.42. The largest absolute Gasteiger partial charge is 0.308 e. The van der Waals surface area contributed by atoms with E-state index in [1.165, 1.54) is 102 Å². The zero-order valence-electron chi connectivity index (χ0n) is 28.4. The number of aromatic nitrogens is 1. The summed E-state index contributed by atoms with van der Waals surface area (Å²) in [4.78, 5) is 1.41. The van der Waals surface area contributed by atoms with E-state index in [2.05, 4.69) is 175 Å². The lowest BCUT2D eigenvalue weighted by molar-refractivity contribution is 0.702. The first-order valence-electron chi connectivity index (χ1n) is 18.0. The monoisotopic (exact) mass is 697 g/mol. The Morgan fingerprint density at radius 3 is 2.19 bits per heavy atom. The fourth-order valence-corrected chi connectivity index (χ4v) is 12.0. The van der Waals surface area contributed by atoms with Gasteiger partial charge in [-0.1, -0.05) is 127 Å². The Kier molecular flexibility index (Phi) is 5.85. The normalized spacial score (nSPS) is 18.1. The standard InChI is InChI=1S/C49H31NS2/c1-49-26-7-6-19-40(49)38-18-9-16-32(48(38)52-49)31-12-8-11-29(27-31)30-22-24-42-39(28-30)37-23-25-44-46-45-36(17-10-21-43(45)51-44)34-14-3-2-13-33(34)35-15-4-5-20-41(35)50(42)47(37)46/h2-28,40H,1H3. The molecule has 52 heavy (non-hydrogen) atoms. The van der Waals surface area contributed by atoms with Gasteiger partial charge in [0.05, 0.1) is 16.6 Å². The molecule has 1 aliphatic carbocycles. The molecule has 0 bridgehead atoms. The van der Waals surface area contributed by atoms with Crippen molar-refractivity contribution in [2.24, 2.45) is 0 Å². The van der Waals surface area contributed by atoms with E-state index in [0.29, 0.717) is 5.92 Å². The third-order valence-corrected chi connectivity index (χ3v) is 14.3. The van der Waals surface area contributed by atoms with Crippen LogP contribution in [0, 0.1) is 0 Å². The van der Waals surface area contributed by atoms with Gasteiger partial charge in [-0.15, -0.1) is 23.1 Å². The predicted octanol–water partition coefficient (Wildman–Crippen LogP) is 14.3. The molecule has 0 radical (unpaired) electrons. The van der Waals surface area contributed by atoms with Crippen molar-refractivity contribution in [3.05, 3.63) is 169 Å². The van der Waals surface area contributed by atoms with Crippen molar-refractivity contribution >= 4 is 92.1 Å². The van der Waals surface area contributed by atoms with Crippen LogP contribution in [-0.2, 0) is 0 Å². The number of fused-ring (bicyclic) bond motifs is 11. The van der Waals surface area contributed by atoms with Gasteiger partial charge in [-0.25, -0.2) is 0 Å². The third-order valence-electron chi connectivity index (χ3n) is 11.7. The highest BCUT2D eigenvalue weighted by molar-refractivity contribution is 8.01. The zero-order chi connectivity index (χ0) is 34.1. The lowest BCUT2D eigenvalue weighted by Crippen LogP contribution is -2.22. The lowest BCUT2D eigenvalue weighted by atomic mass is 9.83. The molecule has 0 N–H and O–H groups in total. The van der Waals surface area contributed by atoms with Crippen LogP contribution in [0.15, 0.2) is 169 Å². The summed E-state index contributed by atoms with van der Waals surface area (Å²) in [7, 11) is 0. The van der Waals surface area contributed by atoms with Gasteiger partial charge < -0.3 is 4.40 Å². The summed E-state index contributed by atoms with van der Waals surface area (Å²) in [5.74, 6) is 0.405. The van der Waals surface area contributed by atoms with Crippen molar-refractivity contribution in [1.29, 1.82) is 0 Å². The first-order chi connectivity index (χ1) is 25.6. The molecule has 4 heterocycles. The van der Waals surface area contributed by atoms with Crippen LogP contribution >= 0.6 is 23.1 Å². The molecule has 3 aromatic heterocycles. The topological polar surface area (TPSA) is 4.41 Å². The van der Waals surface area contributed by atoms with E-state index in [-0.39, 0.29) is 4.75 Å². The van der Waals surface area contributed by atoms with Gasteiger partial charge in [-0.05, 0) is 87.3 Å². The molecule has 2 atom stereocenters. The predicted molar refractivity (Wildman–Crippen MR) is 226 cm³/mol. The maximum atomic E-state index is 2.56. The molecule has 12 rings (SSSR count). The molecule has 1 aliphatic heterocycles. The van der Waals surface area contributed by atoms with Gasteiger partial charge in [0.1, 0.15) is 0 Å². The summed E-state index contributed by atoms with van der Waals surface area (Å²) in [5.41, 5.74) is 10.3. The van der Waals surface area contributed by atoms with E-state index in [9.17, 15) is 0 Å². The van der Waals surface area contributed by atoms with Crippen LogP contribution in [0.3, 0.4) is 0 Å². The van der Waals surface area contributed by atoms with Crippen LogP contribution in [0.25, 0.3) is 91.3 Å². The second kappa shape index (κ2) is 10.5. The van der Waals surface area contributed by atoms with E-state index in [1.807, 2.05) is 23.1 Å². The van der Waals surface area contributed by atoms with Gasteiger partial charge >= 0.3 is 0 Å². The number of hydrogen-bond acceptors (Lipinski definition) is 2. The number of benzene rings is 7. The summed E-state index contributed by atoms with van der Waals surface area (Å²) < 4.78 is 5.28. The molecule has 0 saturated carbocycles. The molecular formula is C49H31NS2. The SMILES string of the molecule is CC12C=CC=CC1c1cccc(-c3cccc(-c4ccc5c(c4)c4ccc6sc7cccc8c9ccccc9c9ccccc9n5c4c6c78)c3)c1S2. The first kappa shape index (κ1) is 29.0. The summed E-state index contributed by atoms with van der Waals surface area (Å²) in [5, 5.41) is 10.4. The van der Waals surface area contributed by atoms with Gasteiger partial charge in [-0.3, -0.25) is 0 Å². The highest BCUT2D eigenvalue weighted by atomic mass is 32.2. The van der Waals surface area contributed by atoms with E-state index >= 15 is 0 Å². The third kappa shape index (κ3) is 3.85. The molecule has 7 aromatic carbocycles. The number of rotatable bonds is 2. The fraction of sp³-hybridized carbons (Fsp3) is 0.0612. The van der Waals surface area contributed by atoms with Gasteiger partial charge in [0.15, 0.2) is 0 Å². The molecule has 10 aromatic rings. The zero-order valence-corrected chi connectivity index (χ0v) is 30.1. The van der Waals surface area contributed by atoms with Crippen LogP contribution in [0.2, 0.25) is 0 Å². The average Bonchev–Trinajstić information content (AvgIpc) is 3.84. The number of thioether (sulfide) groups is 1. The van der Waals surface area contributed by atoms with Crippen molar-refractivity contribution in [2.75, 3.05) is 0 Å². The smallest absolute Gasteiger partial charge is 0.0634 e. The average molecular weight is 698 g/mol. The number of hydrogen-bond donors (Lipinski definition) is 0. The number of allylic oxidation sites excluding steroid dienone is 3. The minimum atomic E-state index is 0.0607. The Morgan fingerprint density at radius 1 is 0.538 bits per heavy atom. The van der Waals surface area contributed by atoms with Gasteiger partial charge in [0.2, 0.25) is 0 Å². The highest BCUT2D eigenvalue weighted by Crippen LogP contribution is 2.58. The molecule has 3 heteroatoms. The second-order valence-corrected chi connectivity index (χ2v) is 17.1. The molecule has 0 spiro atoms. The van der Waals surface area contributed by atoms with Gasteiger partial charge in [-0.2, -0.15) is 0 Å². The first-order valence-corrected chi connectivity index (χ1v) is 19.7. The Morgan fingerprint density at radius 2 is 1.27 bits per heavy atom. The van der Waals surface area contributed by atoms with Crippen molar-refractivity contribution < 1.29 is 0 Å². The van der Waals surface area contributed by atoms with E-state index < -0.39 is 0 Å². The Labute approximate surface area is 309 Å². The Hall–Kier alpha value is -5.61. The van der Waals surface area contributed by atoms with Crippen molar-refractivity contribution in [3.63, 3.8) is 0 Å². The van der Waals surface area contributed by atoms with Crippen LogP contribution in [0.5, 0.6) is 0 Å². The van der Waals surface area contributed by atoms with Crippen LogP contribution in [0.4, 0.5) is 0 Å². The van der Waals surface area contributed by atoms with Crippen molar-refractivity contribution in [3.8, 4) is 22.3 Å². The molecule has 244 valence electrons. The van der Waals surface area contributed by atoms with Crippen LogP contribution in [0.1, 0.15) is 18.4 Å². The molecular weight excluding hydrogens is 667 g/mol. The number of thiophene rings is 1. The second-order valence-electron chi connectivity index (χ2n) is 14.6. The van der Waals surface area contributed by atoms with E-state index in [4.69, 9.17) is 0 Å². The molecule has 0 amide bonds. The summed E-state index contributed by atoms with van der Waals surface area (Å²) >= 11 is 3.92. The minimum Gasteiger partial charge on any atom is -0.308 e. The minimum absolute atomic E-state index is 0.0607. The van der Waals surface area contributed by atoms with E-state index in [0.717, 1.165) is 0 Å². The number of nitrogens with zero attached hydrogens (tertiary/aromatic N) is 1. The lowest BCUT2D eigenvalue weighted by Gasteiger charge is -2.27. The van der Waals surface area contributed by atoms with Crippen LogP contribution < -0.4 is 0 Å². The number of para-hydroxylation sites is 1. The van der Waals surface area contributed by atoms with Crippen LogP contribution in [-0.4, -0.2) is 9.15 Å². The quantitative estimate of drug-likeness (QED) is 0.174. The molecule has 0 saturated heterocycles. The molecule has 2 aliphatic rings. The van der Waals surface area contributed by atoms with Crippen molar-refractivity contribution in [1.82, 2.24) is 4.40 Å². The Balaban J connectivity index is 1.14. The summed E-state index contributed by atoms with van der Waals surface area (Å²) in [6.45, 7) is 2.38. The Bertz CT molecular complexity index is 3230. The fourth-order valence-electron chi connectivity index (χ4n) is 9.37. The molecule has 2 unspecified atom stereocenters.